The molecule has 1 aromatic carbocycles. The fourth-order valence-corrected chi connectivity index (χ4v) is 2.60. The zero-order valence-corrected chi connectivity index (χ0v) is 11.3. The molecule has 1 amide bonds. The number of aliphatic hydroxyl groups excluding tert-OH is 1. The molecule has 1 aliphatic heterocycles. The standard InChI is InChI=1S/C13H12N2O4S/c16-5-9-6-20-13(15-9)4-12(17)14-8-1-2-10-11(3-8)19-7-18-10/h1-3,6,16H,4-5,7H2,(H,14,17). The fourth-order valence-electron chi connectivity index (χ4n) is 1.82. The Balaban J connectivity index is 1.64. The molecule has 104 valence electrons. The van der Waals surface area contributed by atoms with Crippen molar-refractivity contribution < 1.29 is 19.4 Å². The second-order valence-corrected chi connectivity index (χ2v) is 5.13. The van der Waals surface area contributed by atoms with Gasteiger partial charge in [-0.3, -0.25) is 4.79 Å². The summed E-state index contributed by atoms with van der Waals surface area (Å²) in [7, 11) is 0. The van der Waals surface area contributed by atoms with Gasteiger partial charge in [0.25, 0.3) is 0 Å². The summed E-state index contributed by atoms with van der Waals surface area (Å²) in [5, 5.41) is 14.1. The molecule has 0 saturated heterocycles. The van der Waals surface area contributed by atoms with E-state index < -0.39 is 0 Å². The predicted molar refractivity (Wildman–Crippen MR) is 72.9 cm³/mol. The van der Waals surface area contributed by atoms with Gasteiger partial charge in [0.15, 0.2) is 11.5 Å². The molecule has 2 aromatic rings. The SMILES string of the molecule is O=C(Cc1nc(CO)cs1)Nc1ccc2c(c1)OCO2. The fraction of sp³-hybridized carbons (Fsp3) is 0.231. The average Bonchev–Trinajstić information content (AvgIpc) is 3.06. The molecule has 20 heavy (non-hydrogen) atoms. The molecule has 0 bridgehead atoms. The molecule has 7 heteroatoms. The number of thiazole rings is 1. The molecule has 1 aliphatic rings. The first-order valence-corrected chi connectivity index (χ1v) is 6.86. The van der Waals surface area contributed by atoms with Crippen molar-refractivity contribution in [2.45, 2.75) is 13.0 Å². The molecule has 1 aromatic heterocycles. The van der Waals surface area contributed by atoms with Crippen molar-refractivity contribution in [3.05, 3.63) is 34.3 Å². The number of aliphatic hydroxyl groups is 1. The highest BCUT2D eigenvalue weighted by Gasteiger charge is 2.14. The van der Waals surface area contributed by atoms with Gasteiger partial charge in [0.05, 0.1) is 18.7 Å². The van der Waals surface area contributed by atoms with Crippen LogP contribution < -0.4 is 14.8 Å². The third kappa shape index (κ3) is 2.73. The highest BCUT2D eigenvalue weighted by atomic mass is 32.1. The minimum absolute atomic E-state index is 0.111. The molecule has 3 rings (SSSR count). The van der Waals surface area contributed by atoms with Crippen molar-refractivity contribution in [2.24, 2.45) is 0 Å². The minimum atomic E-state index is -0.164. The predicted octanol–water partition coefficient (Wildman–Crippen LogP) is 1.55. The van der Waals surface area contributed by atoms with E-state index in [2.05, 4.69) is 10.3 Å². The average molecular weight is 292 g/mol. The van der Waals surface area contributed by atoms with E-state index in [4.69, 9.17) is 14.6 Å². The van der Waals surface area contributed by atoms with Gasteiger partial charge in [0.1, 0.15) is 5.01 Å². The number of nitrogens with one attached hydrogen (secondary N) is 1. The molecule has 0 spiro atoms. The quantitative estimate of drug-likeness (QED) is 0.893. The first kappa shape index (κ1) is 12.9. The van der Waals surface area contributed by atoms with Crippen molar-refractivity contribution in [3.8, 4) is 11.5 Å². The van der Waals surface area contributed by atoms with Crippen molar-refractivity contribution in [2.75, 3.05) is 12.1 Å². The van der Waals surface area contributed by atoms with Crippen LogP contribution in [0, 0.1) is 0 Å². The lowest BCUT2D eigenvalue weighted by Crippen LogP contribution is -2.14. The maximum atomic E-state index is 11.9. The van der Waals surface area contributed by atoms with Crippen LogP contribution in [0.2, 0.25) is 0 Å². The summed E-state index contributed by atoms with van der Waals surface area (Å²) >= 11 is 1.36. The number of hydrogen-bond acceptors (Lipinski definition) is 6. The van der Waals surface area contributed by atoms with E-state index in [1.165, 1.54) is 11.3 Å². The first-order valence-electron chi connectivity index (χ1n) is 5.98. The second-order valence-electron chi connectivity index (χ2n) is 4.18. The number of carbonyl (C=O) groups excluding carboxylic acids is 1. The minimum Gasteiger partial charge on any atom is -0.454 e. The Morgan fingerprint density at radius 2 is 2.25 bits per heavy atom. The Labute approximate surface area is 119 Å². The lowest BCUT2D eigenvalue weighted by molar-refractivity contribution is -0.115. The number of benzene rings is 1. The van der Waals surface area contributed by atoms with Crippen LogP contribution in [0.1, 0.15) is 10.7 Å². The maximum absolute atomic E-state index is 11.9. The number of carbonyl (C=O) groups is 1. The lowest BCUT2D eigenvalue weighted by Gasteiger charge is -2.05. The number of rotatable bonds is 4. The molecule has 0 fully saturated rings. The summed E-state index contributed by atoms with van der Waals surface area (Å²) in [6, 6.07) is 5.23. The Morgan fingerprint density at radius 3 is 3.05 bits per heavy atom. The summed E-state index contributed by atoms with van der Waals surface area (Å²) in [5.74, 6) is 1.14. The number of hydrogen-bond donors (Lipinski definition) is 2. The van der Waals surface area contributed by atoms with Crippen LogP contribution in [0.15, 0.2) is 23.6 Å². The highest BCUT2D eigenvalue weighted by Crippen LogP contribution is 2.34. The van der Waals surface area contributed by atoms with Crippen molar-refractivity contribution in [1.82, 2.24) is 4.98 Å². The van der Waals surface area contributed by atoms with E-state index in [9.17, 15) is 4.79 Å². The number of amides is 1. The van der Waals surface area contributed by atoms with Crippen LogP contribution >= 0.6 is 11.3 Å². The highest BCUT2D eigenvalue weighted by molar-refractivity contribution is 7.09. The van der Waals surface area contributed by atoms with Gasteiger partial charge in [-0.2, -0.15) is 0 Å². The zero-order chi connectivity index (χ0) is 13.9. The molecule has 0 unspecified atom stereocenters. The Bertz CT molecular complexity index is 641. The molecule has 6 nitrogen and oxygen atoms in total. The summed E-state index contributed by atoms with van der Waals surface area (Å²) in [6.45, 7) is 0.0933. The second kappa shape index (κ2) is 5.48. The Hall–Kier alpha value is -2.12. The molecule has 0 atom stereocenters. The molecule has 2 N–H and O–H groups in total. The van der Waals surface area contributed by atoms with Gasteiger partial charge in [-0.15, -0.1) is 11.3 Å². The Morgan fingerprint density at radius 1 is 1.40 bits per heavy atom. The third-order valence-electron chi connectivity index (χ3n) is 2.73. The number of fused-ring (bicyclic) bond motifs is 1. The molecule has 2 heterocycles. The van der Waals surface area contributed by atoms with Crippen molar-refractivity contribution >= 4 is 22.9 Å². The van der Waals surface area contributed by atoms with Gasteiger partial charge >= 0.3 is 0 Å². The van der Waals surface area contributed by atoms with E-state index in [1.807, 2.05) is 0 Å². The van der Waals surface area contributed by atoms with Crippen LogP contribution in [-0.4, -0.2) is 22.8 Å². The Kier molecular flexibility index (Phi) is 3.53. The topological polar surface area (TPSA) is 80.7 Å². The van der Waals surface area contributed by atoms with Crippen molar-refractivity contribution in [3.63, 3.8) is 0 Å². The lowest BCUT2D eigenvalue weighted by atomic mass is 10.2. The number of ether oxygens (including phenoxy) is 2. The van der Waals surface area contributed by atoms with Gasteiger partial charge in [-0.05, 0) is 12.1 Å². The van der Waals surface area contributed by atoms with E-state index in [-0.39, 0.29) is 25.7 Å². The van der Waals surface area contributed by atoms with Crippen LogP contribution in [0.4, 0.5) is 5.69 Å². The van der Waals surface area contributed by atoms with E-state index in [0.717, 1.165) is 0 Å². The maximum Gasteiger partial charge on any atom is 0.231 e. The molecular formula is C13H12N2O4S. The third-order valence-corrected chi connectivity index (χ3v) is 3.63. The number of nitrogens with zero attached hydrogens (tertiary/aromatic N) is 1. The van der Waals surface area contributed by atoms with E-state index in [0.29, 0.717) is 27.9 Å². The van der Waals surface area contributed by atoms with Crippen LogP contribution in [0.25, 0.3) is 0 Å². The normalized spacial score (nSPS) is 12.4. The monoisotopic (exact) mass is 292 g/mol. The number of anilines is 1. The first-order chi connectivity index (χ1) is 9.74. The molecular weight excluding hydrogens is 280 g/mol. The summed E-state index contributed by atoms with van der Waals surface area (Å²) < 4.78 is 10.4. The zero-order valence-electron chi connectivity index (χ0n) is 10.5. The van der Waals surface area contributed by atoms with Crippen LogP contribution in [0.5, 0.6) is 11.5 Å². The van der Waals surface area contributed by atoms with Gasteiger partial charge in [-0.1, -0.05) is 0 Å². The van der Waals surface area contributed by atoms with E-state index >= 15 is 0 Å². The molecule has 0 aliphatic carbocycles. The molecule has 0 saturated carbocycles. The summed E-state index contributed by atoms with van der Waals surface area (Å²) in [5.41, 5.74) is 1.24. The van der Waals surface area contributed by atoms with E-state index in [1.54, 1.807) is 23.6 Å². The largest absolute Gasteiger partial charge is 0.454 e. The summed E-state index contributed by atoms with van der Waals surface area (Å²) in [6.07, 6.45) is 0.180. The van der Waals surface area contributed by atoms with Gasteiger partial charge in [0.2, 0.25) is 12.7 Å². The van der Waals surface area contributed by atoms with Gasteiger partial charge < -0.3 is 19.9 Å². The smallest absolute Gasteiger partial charge is 0.231 e. The summed E-state index contributed by atoms with van der Waals surface area (Å²) in [4.78, 5) is 16.0. The van der Waals surface area contributed by atoms with Crippen LogP contribution in [-0.2, 0) is 17.8 Å². The number of aromatic nitrogens is 1. The van der Waals surface area contributed by atoms with Gasteiger partial charge in [-0.25, -0.2) is 4.98 Å². The molecule has 0 radical (unpaired) electrons. The van der Waals surface area contributed by atoms with Gasteiger partial charge in [0, 0.05) is 17.1 Å². The van der Waals surface area contributed by atoms with Crippen molar-refractivity contribution in [1.29, 1.82) is 0 Å². The van der Waals surface area contributed by atoms with Crippen LogP contribution in [0.3, 0.4) is 0 Å².